The highest BCUT2D eigenvalue weighted by Crippen LogP contribution is 2.32. The highest BCUT2D eigenvalue weighted by atomic mass is 16.3. The SMILES string of the molecule is CN(C(=O)c1c(O)c2cccc3c2n(c1=O)CC3)c1ccccc1. The zero-order chi connectivity index (χ0) is 16.8. The topological polar surface area (TPSA) is 62.5 Å². The van der Waals surface area contributed by atoms with Crippen LogP contribution >= 0.6 is 0 Å². The molecule has 120 valence electrons. The second-order valence-electron chi connectivity index (χ2n) is 5.94. The number of para-hydroxylation sites is 2. The number of aromatic hydroxyl groups is 1. The van der Waals surface area contributed by atoms with Crippen LogP contribution in [0.5, 0.6) is 5.75 Å². The smallest absolute Gasteiger partial charge is 0.267 e. The minimum atomic E-state index is -0.508. The Morgan fingerprint density at radius 1 is 1.12 bits per heavy atom. The molecule has 1 amide bonds. The number of nitrogens with zero attached hydrogens (tertiary/aromatic N) is 2. The fourth-order valence-corrected chi connectivity index (χ4v) is 3.35. The Morgan fingerprint density at radius 2 is 1.88 bits per heavy atom. The van der Waals surface area contributed by atoms with Gasteiger partial charge in [0.05, 0.1) is 5.52 Å². The third kappa shape index (κ3) is 1.94. The quantitative estimate of drug-likeness (QED) is 0.789. The molecule has 24 heavy (non-hydrogen) atoms. The highest BCUT2D eigenvalue weighted by Gasteiger charge is 2.28. The van der Waals surface area contributed by atoms with Crippen molar-refractivity contribution in [3.8, 4) is 5.75 Å². The normalized spacial score (nSPS) is 12.5. The van der Waals surface area contributed by atoms with E-state index in [0.29, 0.717) is 17.6 Å². The molecule has 1 aliphatic heterocycles. The third-order valence-corrected chi connectivity index (χ3v) is 4.61. The summed E-state index contributed by atoms with van der Waals surface area (Å²) in [5.74, 6) is -0.741. The van der Waals surface area contributed by atoms with Crippen molar-refractivity contribution in [1.29, 1.82) is 0 Å². The van der Waals surface area contributed by atoms with Crippen LogP contribution in [0.4, 0.5) is 5.69 Å². The molecule has 1 N–H and O–H groups in total. The van der Waals surface area contributed by atoms with E-state index in [2.05, 4.69) is 0 Å². The Labute approximate surface area is 138 Å². The van der Waals surface area contributed by atoms with E-state index in [1.54, 1.807) is 29.8 Å². The number of hydrogen-bond donors (Lipinski definition) is 1. The molecule has 0 atom stereocenters. The van der Waals surface area contributed by atoms with E-state index in [1.165, 1.54) is 4.90 Å². The van der Waals surface area contributed by atoms with Crippen LogP contribution in [0.1, 0.15) is 15.9 Å². The Bertz CT molecular complexity index is 1020. The molecular formula is C19H16N2O3. The summed E-state index contributed by atoms with van der Waals surface area (Å²) in [6, 6.07) is 14.6. The first-order valence-corrected chi connectivity index (χ1v) is 7.80. The summed E-state index contributed by atoms with van der Waals surface area (Å²) in [7, 11) is 1.60. The van der Waals surface area contributed by atoms with Gasteiger partial charge >= 0.3 is 0 Å². The highest BCUT2D eigenvalue weighted by molar-refractivity contribution is 6.10. The van der Waals surface area contributed by atoms with Gasteiger partial charge in [0.25, 0.3) is 11.5 Å². The van der Waals surface area contributed by atoms with Crippen molar-refractivity contribution in [2.75, 3.05) is 11.9 Å². The van der Waals surface area contributed by atoms with Gasteiger partial charge in [-0.2, -0.15) is 0 Å². The average Bonchev–Trinajstić information content (AvgIpc) is 3.05. The number of aryl methyl sites for hydroxylation is 2. The van der Waals surface area contributed by atoms with Crippen LogP contribution in [0.25, 0.3) is 10.9 Å². The van der Waals surface area contributed by atoms with Gasteiger partial charge in [0.15, 0.2) is 0 Å². The van der Waals surface area contributed by atoms with E-state index in [1.807, 2.05) is 30.3 Å². The van der Waals surface area contributed by atoms with Gasteiger partial charge in [-0.1, -0.05) is 30.3 Å². The van der Waals surface area contributed by atoms with Crippen LogP contribution in [0.2, 0.25) is 0 Å². The van der Waals surface area contributed by atoms with Gasteiger partial charge in [-0.25, -0.2) is 0 Å². The summed E-state index contributed by atoms with van der Waals surface area (Å²) in [5, 5.41) is 11.2. The maximum Gasteiger partial charge on any atom is 0.267 e. The second-order valence-corrected chi connectivity index (χ2v) is 5.94. The second kappa shape index (κ2) is 5.23. The maximum absolute atomic E-state index is 12.9. The van der Waals surface area contributed by atoms with Crippen molar-refractivity contribution in [2.24, 2.45) is 0 Å². The van der Waals surface area contributed by atoms with E-state index in [-0.39, 0.29) is 11.3 Å². The van der Waals surface area contributed by atoms with Crippen molar-refractivity contribution in [3.63, 3.8) is 0 Å². The minimum absolute atomic E-state index is 0.173. The number of aromatic nitrogens is 1. The Balaban J connectivity index is 1.93. The lowest BCUT2D eigenvalue weighted by Gasteiger charge is -2.19. The molecule has 0 aliphatic carbocycles. The van der Waals surface area contributed by atoms with Crippen LogP contribution < -0.4 is 10.5 Å². The van der Waals surface area contributed by atoms with Crippen LogP contribution in [-0.4, -0.2) is 22.6 Å². The predicted molar refractivity (Wildman–Crippen MR) is 92.8 cm³/mol. The van der Waals surface area contributed by atoms with Gasteiger partial charge in [-0.15, -0.1) is 0 Å². The summed E-state index contributed by atoms with van der Waals surface area (Å²) >= 11 is 0. The number of hydrogen-bond acceptors (Lipinski definition) is 3. The third-order valence-electron chi connectivity index (χ3n) is 4.61. The molecule has 5 nitrogen and oxygen atoms in total. The molecule has 5 heteroatoms. The number of rotatable bonds is 2. The van der Waals surface area contributed by atoms with Crippen LogP contribution in [-0.2, 0) is 13.0 Å². The number of benzene rings is 2. The van der Waals surface area contributed by atoms with Gasteiger partial charge in [0, 0.05) is 24.7 Å². The lowest BCUT2D eigenvalue weighted by atomic mass is 10.1. The standard InChI is InChI=1S/C19H16N2O3/c1-20(13-7-3-2-4-8-13)18(23)15-17(22)14-9-5-6-12-10-11-21(16(12)14)19(15)24/h2-9,22H,10-11H2,1H3. The number of carbonyl (C=O) groups is 1. The summed E-state index contributed by atoms with van der Waals surface area (Å²) < 4.78 is 1.59. The minimum Gasteiger partial charge on any atom is -0.506 e. The van der Waals surface area contributed by atoms with Gasteiger partial charge in [-0.05, 0) is 30.2 Å². The average molecular weight is 320 g/mol. The van der Waals surface area contributed by atoms with Crippen molar-refractivity contribution in [1.82, 2.24) is 4.57 Å². The van der Waals surface area contributed by atoms with Gasteiger partial charge in [0.2, 0.25) is 0 Å². The largest absolute Gasteiger partial charge is 0.506 e. The van der Waals surface area contributed by atoms with Crippen molar-refractivity contribution >= 4 is 22.5 Å². The monoisotopic (exact) mass is 320 g/mol. The molecule has 1 aromatic heterocycles. The summed E-state index contributed by atoms with van der Waals surface area (Å²) in [4.78, 5) is 27.1. The first kappa shape index (κ1) is 14.5. The molecule has 0 saturated heterocycles. The molecule has 0 fully saturated rings. The molecular weight excluding hydrogens is 304 g/mol. The van der Waals surface area contributed by atoms with Gasteiger partial charge in [-0.3, -0.25) is 9.59 Å². The van der Waals surface area contributed by atoms with E-state index in [0.717, 1.165) is 17.5 Å². The zero-order valence-corrected chi connectivity index (χ0v) is 13.2. The van der Waals surface area contributed by atoms with E-state index < -0.39 is 11.5 Å². The maximum atomic E-state index is 12.9. The molecule has 0 saturated carbocycles. The lowest BCUT2D eigenvalue weighted by Crippen LogP contribution is -2.34. The fourth-order valence-electron chi connectivity index (χ4n) is 3.35. The van der Waals surface area contributed by atoms with Crippen molar-refractivity contribution in [2.45, 2.75) is 13.0 Å². The lowest BCUT2D eigenvalue weighted by molar-refractivity contribution is 0.0988. The number of amides is 1. The zero-order valence-electron chi connectivity index (χ0n) is 13.2. The van der Waals surface area contributed by atoms with E-state index in [4.69, 9.17) is 0 Å². The molecule has 0 radical (unpaired) electrons. The van der Waals surface area contributed by atoms with Crippen LogP contribution in [0, 0.1) is 0 Å². The summed E-state index contributed by atoms with van der Waals surface area (Å²) in [6.45, 7) is 0.532. The number of carbonyl (C=O) groups excluding carboxylic acids is 1. The number of anilines is 1. The Hall–Kier alpha value is -3.08. The van der Waals surface area contributed by atoms with Gasteiger partial charge < -0.3 is 14.6 Å². The molecule has 4 rings (SSSR count). The Kier molecular flexibility index (Phi) is 3.16. The molecule has 0 spiro atoms. The van der Waals surface area contributed by atoms with E-state index in [9.17, 15) is 14.7 Å². The summed E-state index contributed by atoms with van der Waals surface area (Å²) in [5.41, 5.74) is 1.82. The first-order chi connectivity index (χ1) is 11.6. The molecule has 3 aromatic rings. The van der Waals surface area contributed by atoms with Crippen LogP contribution in [0.3, 0.4) is 0 Å². The van der Waals surface area contributed by atoms with Gasteiger partial charge in [0.1, 0.15) is 11.3 Å². The van der Waals surface area contributed by atoms with Crippen LogP contribution in [0.15, 0.2) is 53.3 Å². The molecule has 0 unspecified atom stereocenters. The summed E-state index contributed by atoms with van der Waals surface area (Å²) in [6.07, 6.45) is 0.734. The number of pyridine rings is 1. The molecule has 2 aromatic carbocycles. The van der Waals surface area contributed by atoms with Crippen molar-refractivity contribution in [3.05, 3.63) is 70.0 Å². The molecule has 2 heterocycles. The predicted octanol–water partition coefficient (Wildman–Crippen LogP) is 2.54. The molecule has 1 aliphatic rings. The molecule has 0 bridgehead atoms. The van der Waals surface area contributed by atoms with E-state index >= 15 is 0 Å². The Morgan fingerprint density at radius 3 is 2.62 bits per heavy atom. The first-order valence-electron chi connectivity index (χ1n) is 7.80. The van der Waals surface area contributed by atoms with Crippen molar-refractivity contribution < 1.29 is 9.90 Å². The fraction of sp³-hybridized carbons (Fsp3) is 0.158.